The Balaban J connectivity index is 4.82. The van der Waals surface area contributed by atoms with Crippen molar-refractivity contribution in [3.05, 3.63) is 0 Å². The van der Waals surface area contributed by atoms with E-state index in [9.17, 15) is 26.4 Å². The summed E-state index contributed by atoms with van der Waals surface area (Å²) in [5.41, 5.74) is -6.88. The van der Waals surface area contributed by atoms with E-state index in [1.165, 1.54) is 20.8 Å². The summed E-state index contributed by atoms with van der Waals surface area (Å²) in [5.74, 6) is -1.45. The van der Waals surface area contributed by atoms with E-state index in [0.717, 1.165) is 0 Å². The van der Waals surface area contributed by atoms with E-state index in [1.807, 2.05) is 0 Å². The van der Waals surface area contributed by atoms with E-state index < -0.39 is 27.0 Å². The molecule has 4 nitrogen and oxygen atoms in total. The first-order chi connectivity index (χ1) is 5.88. The highest BCUT2D eigenvalue weighted by molar-refractivity contribution is 7.88. The largest absolute Gasteiger partial charge is 0.534 e. The SMILES string of the molecule is CC(C)(C)C(=O)OS(=O)(=O)C(F)(F)F. The number of carbonyl (C=O) groups excluding carboxylic acids is 1. The predicted molar refractivity (Wildman–Crippen MR) is 40.5 cm³/mol. The molecule has 0 aliphatic carbocycles. The summed E-state index contributed by atoms with van der Waals surface area (Å²) in [4.78, 5) is 10.8. The van der Waals surface area contributed by atoms with Crippen molar-refractivity contribution in [1.82, 2.24) is 0 Å². The molecule has 0 aromatic heterocycles. The predicted octanol–water partition coefficient (Wildman–Crippen LogP) is 1.43. The summed E-state index contributed by atoms with van der Waals surface area (Å²) in [7, 11) is -5.83. The van der Waals surface area contributed by atoms with Gasteiger partial charge in [-0.25, -0.2) is 0 Å². The van der Waals surface area contributed by atoms with E-state index >= 15 is 0 Å². The molecule has 0 aliphatic heterocycles. The number of carbonyl (C=O) groups is 1. The van der Waals surface area contributed by atoms with Crippen molar-refractivity contribution in [3.63, 3.8) is 0 Å². The van der Waals surface area contributed by atoms with Crippen LogP contribution in [0.25, 0.3) is 0 Å². The Morgan fingerprint density at radius 1 is 1.14 bits per heavy atom. The van der Waals surface area contributed by atoms with Crippen LogP contribution < -0.4 is 0 Å². The highest BCUT2D eigenvalue weighted by atomic mass is 32.2. The highest BCUT2D eigenvalue weighted by Crippen LogP contribution is 2.27. The lowest BCUT2D eigenvalue weighted by Crippen LogP contribution is -2.33. The summed E-state index contributed by atoms with van der Waals surface area (Å²) in [6.45, 7) is 3.71. The smallest absolute Gasteiger partial charge is 0.339 e. The van der Waals surface area contributed by atoms with Crippen LogP contribution in [0.5, 0.6) is 0 Å². The first kappa shape index (κ1) is 13.2. The molecule has 0 aliphatic rings. The lowest BCUT2D eigenvalue weighted by Gasteiger charge is -2.16. The average molecular weight is 234 g/mol. The van der Waals surface area contributed by atoms with Crippen LogP contribution in [0.2, 0.25) is 0 Å². The maximum atomic E-state index is 11.7. The van der Waals surface area contributed by atoms with Crippen LogP contribution in [0.3, 0.4) is 0 Å². The number of alkyl halides is 3. The van der Waals surface area contributed by atoms with E-state index in [0.29, 0.717) is 0 Å². The van der Waals surface area contributed by atoms with Crippen molar-refractivity contribution in [2.45, 2.75) is 26.3 Å². The van der Waals surface area contributed by atoms with Gasteiger partial charge in [-0.2, -0.15) is 21.6 Å². The van der Waals surface area contributed by atoms with Crippen molar-refractivity contribution in [1.29, 1.82) is 0 Å². The molecule has 84 valence electrons. The summed E-state index contributed by atoms with van der Waals surface area (Å²) in [6, 6.07) is 0. The van der Waals surface area contributed by atoms with E-state index in [-0.39, 0.29) is 0 Å². The van der Waals surface area contributed by atoms with Crippen LogP contribution in [-0.2, 0) is 19.1 Å². The fraction of sp³-hybridized carbons (Fsp3) is 0.833. The second-order valence-corrected chi connectivity index (χ2v) is 5.06. The standard InChI is InChI=1S/C6H9F3O4S/c1-5(2,3)4(10)13-14(11,12)6(7,8)9/h1-3H3. The lowest BCUT2D eigenvalue weighted by molar-refractivity contribution is -0.144. The quantitative estimate of drug-likeness (QED) is 0.508. The van der Waals surface area contributed by atoms with Gasteiger partial charge in [0.05, 0.1) is 5.41 Å². The second-order valence-electron chi connectivity index (χ2n) is 3.52. The number of rotatable bonds is 1. The molecule has 0 bridgehead atoms. The summed E-state index contributed by atoms with van der Waals surface area (Å²) >= 11 is 0. The maximum Gasteiger partial charge on any atom is 0.534 e. The zero-order valence-corrected chi connectivity index (χ0v) is 8.49. The van der Waals surface area contributed by atoms with Crippen LogP contribution >= 0.6 is 0 Å². The molecule has 0 unspecified atom stereocenters. The van der Waals surface area contributed by atoms with Crippen molar-refractivity contribution in [2.24, 2.45) is 5.41 Å². The summed E-state index contributed by atoms with van der Waals surface area (Å²) in [6.07, 6.45) is 0. The van der Waals surface area contributed by atoms with Gasteiger partial charge in [-0.05, 0) is 20.8 Å². The van der Waals surface area contributed by atoms with Crippen LogP contribution in [-0.4, -0.2) is 19.9 Å². The molecule has 0 saturated carbocycles. The molecule has 0 aromatic rings. The Morgan fingerprint density at radius 3 is 1.71 bits per heavy atom. The molecular weight excluding hydrogens is 225 g/mol. The molecule has 0 rings (SSSR count). The Hall–Kier alpha value is -0.790. The zero-order valence-electron chi connectivity index (χ0n) is 7.68. The number of hydrogen-bond acceptors (Lipinski definition) is 4. The highest BCUT2D eigenvalue weighted by Gasteiger charge is 2.50. The Bertz CT molecular complexity index is 322. The third kappa shape index (κ3) is 3.17. The summed E-state index contributed by atoms with van der Waals surface area (Å²) < 4.78 is 59.2. The lowest BCUT2D eigenvalue weighted by atomic mass is 9.98. The monoisotopic (exact) mass is 234 g/mol. The Kier molecular flexibility index (Phi) is 3.22. The van der Waals surface area contributed by atoms with Gasteiger partial charge in [-0.15, -0.1) is 0 Å². The van der Waals surface area contributed by atoms with Crippen molar-refractivity contribution < 1.29 is 30.6 Å². The van der Waals surface area contributed by atoms with Crippen molar-refractivity contribution >= 4 is 16.1 Å². The Labute approximate surface area is 79.2 Å². The Morgan fingerprint density at radius 2 is 1.50 bits per heavy atom. The fourth-order valence-electron chi connectivity index (χ4n) is 0.272. The molecule has 0 aromatic carbocycles. The molecule has 8 heteroatoms. The van der Waals surface area contributed by atoms with E-state index in [2.05, 4.69) is 4.18 Å². The second kappa shape index (κ2) is 3.41. The average Bonchev–Trinajstić information content (AvgIpc) is 1.80. The molecule has 0 spiro atoms. The van der Waals surface area contributed by atoms with Gasteiger partial charge in [0.15, 0.2) is 0 Å². The van der Waals surface area contributed by atoms with Gasteiger partial charge >= 0.3 is 21.6 Å². The molecule has 0 N–H and O–H groups in total. The van der Waals surface area contributed by atoms with E-state index in [4.69, 9.17) is 0 Å². The minimum atomic E-state index is -5.83. The van der Waals surface area contributed by atoms with Crippen LogP contribution in [0, 0.1) is 5.41 Å². The molecular formula is C6H9F3O4S. The molecule has 0 amide bonds. The molecule has 0 atom stereocenters. The van der Waals surface area contributed by atoms with Gasteiger partial charge in [0.2, 0.25) is 0 Å². The third-order valence-corrected chi connectivity index (χ3v) is 2.02. The van der Waals surface area contributed by atoms with Gasteiger partial charge in [0, 0.05) is 0 Å². The molecule has 0 heterocycles. The van der Waals surface area contributed by atoms with Crippen LogP contribution in [0.1, 0.15) is 20.8 Å². The van der Waals surface area contributed by atoms with Crippen LogP contribution in [0.4, 0.5) is 13.2 Å². The molecule has 0 saturated heterocycles. The minimum absolute atomic E-state index is 1.24. The van der Waals surface area contributed by atoms with Crippen molar-refractivity contribution in [2.75, 3.05) is 0 Å². The number of hydrogen-bond donors (Lipinski definition) is 0. The first-order valence-electron chi connectivity index (χ1n) is 3.43. The maximum absolute atomic E-state index is 11.7. The minimum Gasteiger partial charge on any atom is -0.339 e. The fourth-order valence-corrected chi connectivity index (χ4v) is 0.816. The third-order valence-electron chi connectivity index (χ3n) is 1.08. The van der Waals surface area contributed by atoms with E-state index in [1.54, 1.807) is 0 Å². The van der Waals surface area contributed by atoms with Gasteiger partial charge in [-0.3, -0.25) is 4.79 Å². The zero-order chi connectivity index (χ0) is 11.8. The van der Waals surface area contributed by atoms with Crippen LogP contribution in [0.15, 0.2) is 0 Å². The number of halogens is 3. The van der Waals surface area contributed by atoms with Gasteiger partial charge in [0.25, 0.3) is 0 Å². The molecule has 0 radical (unpaired) electrons. The first-order valence-corrected chi connectivity index (χ1v) is 4.84. The van der Waals surface area contributed by atoms with Gasteiger partial charge < -0.3 is 4.18 Å². The molecule has 0 fully saturated rings. The molecule has 14 heavy (non-hydrogen) atoms. The summed E-state index contributed by atoms with van der Waals surface area (Å²) in [5, 5.41) is 0. The van der Waals surface area contributed by atoms with Gasteiger partial charge in [-0.1, -0.05) is 0 Å². The normalized spacial score (nSPS) is 13.9. The van der Waals surface area contributed by atoms with Crippen molar-refractivity contribution in [3.8, 4) is 0 Å². The topological polar surface area (TPSA) is 60.4 Å². The van der Waals surface area contributed by atoms with Gasteiger partial charge in [0.1, 0.15) is 0 Å².